The number of aromatic hydroxyl groups is 1. The average molecular weight is 320 g/mol. The van der Waals surface area contributed by atoms with Crippen molar-refractivity contribution in [2.45, 2.75) is 6.92 Å². The van der Waals surface area contributed by atoms with Crippen molar-refractivity contribution in [1.29, 1.82) is 0 Å². The number of hydrogen-bond donors (Lipinski definition) is 3. The lowest BCUT2D eigenvalue weighted by atomic mass is 10.2. The summed E-state index contributed by atoms with van der Waals surface area (Å²) in [5, 5.41) is 30.4. The highest BCUT2D eigenvalue weighted by molar-refractivity contribution is 5.86. The Morgan fingerprint density at radius 2 is 2.26 bits per heavy atom. The second kappa shape index (κ2) is 6.51. The van der Waals surface area contributed by atoms with Gasteiger partial charge in [0, 0.05) is 11.6 Å². The van der Waals surface area contributed by atoms with Crippen LogP contribution in [0.15, 0.2) is 22.0 Å². The molecule has 1 aromatic heterocycles. The molecule has 1 heterocycles. The molecule has 0 amide bonds. The highest BCUT2D eigenvalue weighted by Crippen LogP contribution is 2.33. The number of nitro groups is 1. The minimum absolute atomic E-state index is 0.0546. The van der Waals surface area contributed by atoms with Gasteiger partial charge < -0.3 is 9.84 Å². The summed E-state index contributed by atoms with van der Waals surface area (Å²) in [6, 6.07) is 2.21. The molecule has 1 aromatic carbocycles. The van der Waals surface area contributed by atoms with E-state index < -0.39 is 10.6 Å². The van der Waals surface area contributed by atoms with Crippen molar-refractivity contribution in [2.75, 3.05) is 12.5 Å². The van der Waals surface area contributed by atoms with Gasteiger partial charge in [-0.3, -0.25) is 15.5 Å². The van der Waals surface area contributed by atoms with Crippen LogP contribution in [-0.4, -0.2) is 38.5 Å². The van der Waals surface area contributed by atoms with Crippen LogP contribution in [0.2, 0.25) is 0 Å². The fourth-order valence-electron chi connectivity index (χ4n) is 1.63. The first-order valence-corrected chi connectivity index (χ1v) is 6.20. The quantitative estimate of drug-likeness (QED) is 0.409. The van der Waals surface area contributed by atoms with Gasteiger partial charge in [-0.1, -0.05) is 0 Å². The zero-order valence-corrected chi connectivity index (χ0v) is 12.1. The third-order valence-electron chi connectivity index (χ3n) is 2.77. The molecule has 3 N–H and O–H groups in total. The average Bonchev–Trinajstić information content (AvgIpc) is 2.52. The van der Waals surface area contributed by atoms with Gasteiger partial charge in [0.05, 0.1) is 24.3 Å². The number of hydrazone groups is 1. The summed E-state index contributed by atoms with van der Waals surface area (Å²) >= 11 is 0. The summed E-state index contributed by atoms with van der Waals surface area (Å²) in [7, 11) is 1.27. The second-order valence-corrected chi connectivity index (χ2v) is 4.29. The van der Waals surface area contributed by atoms with Crippen molar-refractivity contribution in [3.63, 3.8) is 0 Å². The Hall–Kier alpha value is -3.50. The molecule has 23 heavy (non-hydrogen) atoms. The molecule has 120 valence electrons. The molecule has 0 aliphatic carbocycles. The number of non-ortho nitro benzene ring substituents is 1. The summed E-state index contributed by atoms with van der Waals surface area (Å²) in [6.45, 7) is 1.59. The van der Waals surface area contributed by atoms with Crippen LogP contribution in [0.25, 0.3) is 0 Å². The van der Waals surface area contributed by atoms with Crippen LogP contribution in [0, 0.1) is 17.0 Å². The second-order valence-electron chi connectivity index (χ2n) is 4.29. The number of hydrogen-bond acceptors (Lipinski definition) is 9. The molecule has 0 radical (unpaired) electrons. The van der Waals surface area contributed by atoms with E-state index in [0.29, 0.717) is 5.69 Å². The van der Waals surface area contributed by atoms with Crippen LogP contribution in [-0.2, 0) is 0 Å². The van der Waals surface area contributed by atoms with Gasteiger partial charge in [0.2, 0.25) is 0 Å². The van der Waals surface area contributed by atoms with E-state index >= 15 is 0 Å². The third-order valence-corrected chi connectivity index (χ3v) is 2.77. The molecule has 11 nitrogen and oxygen atoms in total. The van der Waals surface area contributed by atoms with Crippen LogP contribution in [0.5, 0.6) is 11.5 Å². The Bertz CT molecular complexity index is 831. The lowest BCUT2D eigenvalue weighted by Gasteiger charge is -2.06. The molecule has 0 unspecified atom stereocenters. The summed E-state index contributed by atoms with van der Waals surface area (Å²) in [5.74, 6) is -0.257. The number of methoxy groups -OCH3 is 1. The number of benzene rings is 1. The van der Waals surface area contributed by atoms with Gasteiger partial charge in [-0.05, 0) is 6.92 Å². The van der Waals surface area contributed by atoms with Crippen LogP contribution in [0.1, 0.15) is 11.3 Å². The summed E-state index contributed by atoms with van der Waals surface area (Å²) < 4.78 is 4.87. The smallest absolute Gasteiger partial charge is 0.363 e. The number of H-pyrrole nitrogens is 1. The number of ether oxygens (including phenoxy) is 1. The van der Waals surface area contributed by atoms with E-state index in [1.165, 1.54) is 7.11 Å². The minimum Gasteiger partial charge on any atom is -0.504 e. The number of nitrogens with zero attached hydrogens (tertiary/aromatic N) is 4. The lowest BCUT2D eigenvalue weighted by molar-refractivity contribution is -0.385. The van der Waals surface area contributed by atoms with E-state index in [0.717, 1.165) is 18.3 Å². The largest absolute Gasteiger partial charge is 0.504 e. The van der Waals surface area contributed by atoms with Crippen LogP contribution in [0.4, 0.5) is 11.5 Å². The van der Waals surface area contributed by atoms with Crippen molar-refractivity contribution in [2.24, 2.45) is 5.10 Å². The lowest BCUT2D eigenvalue weighted by Crippen LogP contribution is -2.15. The number of aromatic amines is 1. The SMILES string of the molecule is COc1cc([N+](=O)[O-])cc(/C=N\Nc2nc(=O)[nH]nc2C)c1O. The van der Waals surface area contributed by atoms with Gasteiger partial charge in [-0.2, -0.15) is 15.2 Å². The molecular weight excluding hydrogens is 308 g/mol. The highest BCUT2D eigenvalue weighted by atomic mass is 16.6. The Labute approximate surface area is 128 Å². The Kier molecular flexibility index (Phi) is 4.50. The fraction of sp³-hybridized carbons (Fsp3) is 0.167. The number of aryl methyl sites for hydroxylation is 1. The van der Waals surface area contributed by atoms with Crippen LogP contribution in [0.3, 0.4) is 0 Å². The molecular formula is C12H12N6O5. The predicted octanol–water partition coefficient (Wildman–Crippen LogP) is 0.542. The standard InChI is InChI=1S/C12H12N6O5/c1-6-11(14-12(20)17-15-6)16-13-5-7-3-8(18(21)22)4-9(23-2)10(7)19/h3-5,19H,1-2H3,(H2,14,16,17,20)/b13-5-. The molecule has 0 bridgehead atoms. The number of phenols is 1. The van der Waals surface area contributed by atoms with E-state index in [2.05, 4.69) is 25.7 Å². The summed E-state index contributed by atoms with van der Waals surface area (Å²) in [6.07, 6.45) is 1.13. The van der Waals surface area contributed by atoms with Gasteiger partial charge in [0.1, 0.15) is 5.69 Å². The molecule has 2 rings (SSSR count). The van der Waals surface area contributed by atoms with Gasteiger partial charge in [-0.15, -0.1) is 0 Å². The van der Waals surface area contributed by atoms with E-state index in [4.69, 9.17) is 4.74 Å². The van der Waals surface area contributed by atoms with Gasteiger partial charge >= 0.3 is 5.69 Å². The van der Waals surface area contributed by atoms with Gasteiger partial charge in [0.15, 0.2) is 17.3 Å². The van der Waals surface area contributed by atoms with Crippen molar-refractivity contribution in [1.82, 2.24) is 15.2 Å². The summed E-state index contributed by atoms with van der Waals surface area (Å²) in [4.78, 5) is 24.9. The molecule has 0 aliphatic heterocycles. The number of rotatable bonds is 5. The van der Waals surface area contributed by atoms with Crippen molar-refractivity contribution < 1.29 is 14.8 Å². The van der Waals surface area contributed by atoms with Crippen molar-refractivity contribution >= 4 is 17.7 Å². The normalized spacial score (nSPS) is 10.7. The zero-order chi connectivity index (χ0) is 17.0. The van der Waals surface area contributed by atoms with Crippen molar-refractivity contribution in [3.05, 3.63) is 44.0 Å². The number of anilines is 1. The number of phenolic OH excluding ortho intramolecular Hbond substituents is 1. The van der Waals surface area contributed by atoms with Crippen molar-refractivity contribution in [3.8, 4) is 11.5 Å². The Balaban J connectivity index is 2.31. The summed E-state index contributed by atoms with van der Waals surface area (Å²) in [5.41, 5.74) is 1.99. The Morgan fingerprint density at radius 1 is 1.52 bits per heavy atom. The molecule has 2 aromatic rings. The van der Waals surface area contributed by atoms with E-state index in [-0.39, 0.29) is 28.6 Å². The zero-order valence-electron chi connectivity index (χ0n) is 12.1. The predicted molar refractivity (Wildman–Crippen MR) is 79.9 cm³/mol. The van der Waals surface area contributed by atoms with Gasteiger partial charge in [-0.25, -0.2) is 9.89 Å². The minimum atomic E-state index is -0.659. The highest BCUT2D eigenvalue weighted by Gasteiger charge is 2.15. The molecule has 0 saturated carbocycles. The van der Waals surface area contributed by atoms with E-state index in [1.807, 2.05) is 0 Å². The molecule has 0 spiro atoms. The third kappa shape index (κ3) is 3.58. The fourth-order valence-corrected chi connectivity index (χ4v) is 1.63. The number of nitro benzene ring substituents is 1. The first-order valence-electron chi connectivity index (χ1n) is 6.20. The molecule has 0 fully saturated rings. The van der Waals surface area contributed by atoms with Gasteiger partial charge in [0.25, 0.3) is 5.69 Å². The maximum absolute atomic E-state index is 11.1. The molecule has 11 heteroatoms. The number of nitrogens with one attached hydrogen (secondary N) is 2. The number of aromatic nitrogens is 3. The topological polar surface area (TPSA) is 156 Å². The van der Waals surface area contributed by atoms with E-state index in [1.54, 1.807) is 6.92 Å². The monoisotopic (exact) mass is 320 g/mol. The first-order chi connectivity index (χ1) is 10.9. The van der Waals surface area contributed by atoms with Crippen LogP contribution < -0.4 is 15.9 Å². The molecule has 0 aliphatic rings. The Morgan fingerprint density at radius 3 is 2.91 bits per heavy atom. The maximum atomic E-state index is 11.1. The maximum Gasteiger partial charge on any atom is 0.363 e. The first kappa shape index (κ1) is 15.9. The van der Waals surface area contributed by atoms with E-state index in [9.17, 15) is 20.0 Å². The molecule has 0 saturated heterocycles. The van der Waals surface area contributed by atoms with Crippen LogP contribution >= 0.6 is 0 Å². The molecule has 0 atom stereocenters.